The van der Waals surface area contributed by atoms with Gasteiger partial charge in [0.1, 0.15) is 12.4 Å². The lowest BCUT2D eigenvalue weighted by atomic mass is 9.99. The van der Waals surface area contributed by atoms with Gasteiger partial charge in [-0.1, -0.05) is 30.9 Å². The van der Waals surface area contributed by atoms with Crippen molar-refractivity contribution < 1.29 is 19.4 Å². The lowest BCUT2D eigenvalue weighted by Gasteiger charge is -2.30. The summed E-state index contributed by atoms with van der Waals surface area (Å²) in [6, 6.07) is 7.23. The van der Waals surface area contributed by atoms with Crippen molar-refractivity contribution in [2.75, 3.05) is 19.7 Å². The predicted octanol–water partition coefficient (Wildman–Crippen LogP) is 2.26. The maximum atomic E-state index is 12.2. The maximum Gasteiger partial charge on any atom is 0.317 e. The molecule has 0 spiro atoms. The van der Waals surface area contributed by atoms with E-state index in [2.05, 4.69) is 11.9 Å². The van der Waals surface area contributed by atoms with E-state index in [1.807, 2.05) is 24.3 Å². The quantitative estimate of drug-likeness (QED) is 0.789. The summed E-state index contributed by atoms with van der Waals surface area (Å²) in [6.07, 6.45) is 3.00. The van der Waals surface area contributed by atoms with Crippen LogP contribution in [0, 0.1) is 5.92 Å². The summed E-state index contributed by atoms with van der Waals surface area (Å²) in [5.74, 6) is -0.613. The van der Waals surface area contributed by atoms with E-state index in [0.717, 1.165) is 5.56 Å². The van der Waals surface area contributed by atoms with E-state index < -0.39 is 11.9 Å². The fraction of sp³-hybridized carbons (Fsp3) is 0.412. The highest BCUT2D eigenvalue weighted by molar-refractivity contribution is 5.76. The van der Waals surface area contributed by atoms with Gasteiger partial charge in [-0.3, -0.25) is 4.79 Å². The Balaban J connectivity index is 1.91. The third-order valence-electron chi connectivity index (χ3n) is 3.82. The van der Waals surface area contributed by atoms with Crippen LogP contribution in [0.5, 0.6) is 5.75 Å². The van der Waals surface area contributed by atoms with Crippen molar-refractivity contribution in [3.8, 4) is 5.75 Å². The first-order valence-electron chi connectivity index (χ1n) is 7.69. The normalized spacial score (nSPS) is 17.4. The number of para-hydroxylation sites is 1. The summed E-state index contributed by atoms with van der Waals surface area (Å²) in [5.41, 5.74) is 0.870. The number of amides is 2. The number of nitrogens with zero attached hydrogens (tertiary/aromatic N) is 1. The molecule has 124 valence electrons. The van der Waals surface area contributed by atoms with Gasteiger partial charge >= 0.3 is 12.0 Å². The zero-order valence-electron chi connectivity index (χ0n) is 13.0. The van der Waals surface area contributed by atoms with Gasteiger partial charge < -0.3 is 20.1 Å². The van der Waals surface area contributed by atoms with Crippen molar-refractivity contribution in [3.05, 3.63) is 42.5 Å². The van der Waals surface area contributed by atoms with Crippen LogP contribution in [0.3, 0.4) is 0 Å². The van der Waals surface area contributed by atoms with Crippen LogP contribution >= 0.6 is 0 Å². The van der Waals surface area contributed by atoms with Gasteiger partial charge in [0.05, 0.1) is 5.92 Å². The van der Waals surface area contributed by atoms with Gasteiger partial charge in [0, 0.05) is 25.2 Å². The summed E-state index contributed by atoms with van der Waals surface area (Å²) < 4.78 is 5.55. The highest BCUT2D eigenvalue weighted by Gasteiger charge is 2.27. The minimum Gasteiger partial charge on any atom is -0.489 e. The van der Waals surface area contributed by atoms with E-state index in [4.69, 9.17) is 9.84 Å². The Kier molecular flexibility index (Phi) is 6.02. The number of likely N-dealkylation sites (tertiary alicyclic amines) is 1. The number of rotatable bonds is 6. The van der Waals surface area contributed by atoms with E-state index in [9.17, 15) is 9.59 Å². The Morgan fingerprint density at radius 1 is 1.43 bits per heavy atom. The molecule has 0 bridgehead atoms. The van der Waals surface area contributed by atoms with Crippen LogP contribution in [-0.4, -0.2) is 41.7 Å². The van der Waals surface area contributed by atoms with Gasteiger partial charge in [-0.05, 0) is 18.9 Å². The molecule has 0 radical (unpaired) electrons. The van der Waals surface area contributed by atoms with Gasteiger partial charge in [-0.15, -0.1) is 0 Å². The molecule has 1 aliphatic rings. The van der Waals surface area contributed by atoms with Crippen LogP contribution in [0.2, 0.25) is 0 Å². The summed E-state index contributed by atoms with van der Waals surface area (Å²) >= 11 is 0. The molecule has 2 N–H and O–H groups in total. The maximum absolute atomic E-state index is 12.2. The van der Waals surface area contributed by atoms with Gasteiger partial charge in [0.15, 0.2) is 0 Å². The zero-order chi connectivity index (χ0) is 16.7. The van der Waals surface area contributed by atoms with Crippen LogP contribution in [0.1, 0.15) is 18.4 Å². The molecule has 2 rings (SSSR count). The molecule has 23 heavy (non-hydrogen) atoms. The number of carbonyl (C=O) groups is 2. The van der Waals surface area contributed by atoms with Gasteiger partial charge in [0.25, 0.3) is 0 Å². The van der Waals surface area contributed by atoms with Crippen LogP contribution in [-0.2, 0) is 11.3 Å². The first-order valence-corrected chi connectivity index (χ1v) is 7.69. The SMILES string of the molecule is C=CCOc1ccccc1CNC(=O)N1CCCC(C(=O)O)C1. The predicted molar refractivity (Wildman–Crippen MR) is 86.3 cm³/mol. The standard InChI is InChI=1S/C17H22N2O4/c1-2-10-23-15-8-4-3-6-13(15)11-18-17(22)19-9-5-7-14(12-19)16(20)21/h2-4,6,8,14H,1,5,7,9-12H2,(H,18,22)(H,20,21). The van der Waals surface area contributed by atoms with Crippen molar-refractivity contribution in [2.24, 2.45) is 5.92 Å². The number of carbonyl (C=O) groups excluding carboxylic acids is 1. The third-order valence-corrected chi connectivity index (χ3v) is 3.82. The molecule has 2 amide bonds. The number of ether oxygens (including phenoxy) is 1. The van der Waals surface area contributed by atoms with Gasteiger partial charge in [0.2, 0.25) is 0 Å². The molecule has 0 saturated carbocycles. The highest BCUT2D eigenvalue weighted by atomic mass is 16.5. The van der Waals surface area contributed by atoms with Gasteiger partial charge in [-0.25, -0.2) is 4.79 Å². The smallest absolute Gasteiger partial charge is 0.317 e. The molecule has 1 heterocycles. The van der Waals surface area contributed by atoms with Crippen molar-refractivity contribution in [1.82, 2.24) is 10.2 Å². The number of nitrogens with one attached hydrogen (secondary N) is 1. The van der Waals surface area contributed by atoms with E-state index in [1.54, 1.807) is 11.0 Å². The Hall–Kier alpha value is -2.50. The zero-order valence-corrected chi connectivity index (χ0v) is 13.0. The molecular formula is C17H22N2O4. The molecule has 1 aromatic rings. The molecule has 1 aliphatic heterocycles. The number of carboxylic acids is 1. The van der Waals surface area contributed by atoms with Gasteiger partial charge in [-0.2, -0.15) is 0 Å². The topological polar surface area (TPSA) is 78.9 Å². The minimum atomic E-state index is -0.842. The number of piperidine rings is 1. The Morgan fingerprint density at radius 3 is 2.96 bits per heavy atom. The van der Waals surface area contributed by atoms with Crippen molar-refractivity contribution in [3.63, 3.8) is 0 Å². The van der Waals surface area contributed by atoms with E-state index in [-0.39, 0.29) is 12.6 Å². The van der Waals surface area contributed by atoms with E-state index in [0.29, 0.717) is 38.3 Å². The van der Waals surface area contributed by atoms with Crippen molar-refractivity contribution in [1.29, 1.82) is 0 Å². The summed E-state index contributed by atoms with van der Waals surface area (Å²) in [5, 5.41) is 11.9. The van der Waals surface area contributed by atoms with E-state index >= 15 is 0 Å². The van der Waals surface area contributed by atoms with Crippen molar-refractivity contribution >= 4 is 12.0 Å². The number of hydrogen-bond acceptors (Lipinski definition) is 3. The molecule has 0 aromatic heterocycles. The highest BCUT2D eigenvalue weighted by Crippen LogP contribution is 2.19. The lowest BCUT2D eigenvalue weighted by molar-refractivity contribution is -0.143. The molecular weight excluding hydrogens is 296 g/mol. The third kappa shape index (κ3) is 4.74. The van der Waals surface area contributed by atoms with Crippen LogP contribution in [0.4, 0.5) is 4.79 Å². The molecule has 1 atom stereocenters. The molecule has 1 fully saturated rings. The number of urea groups is 1. The molecule has 6 heteroatoms. The number of carboxylic acid groups (broad SMARTS) is 1. The second-order valence-electron chi connectivity index (χ2n) is 5.49. The van der Waals surface area contributed by atoms with Crippen LogP contribution in [0.15, 0.2) is 36.9 Å². The fourth-order valence-corrected chi connectivity index (χ4v) is 2.59. The average Bonchev–Trinajstić information content (AvgIpc) is 2.58. The summed E-state index contributed by atoms with van der Waals surface area (Å²) in [4.78, 5) is 24.9. The van der Waals surface area contributed by atoms with Crippen LogP contribution < -0.4 is 10.1 Å². The number of aliphatic carboxylic acids is 1. The first-order chi connectivity index (χ1) is 11.1. The Labute approximate surface area is 135 Å². The minimum absolute atomic E-state index is 0.241. The van der Waals surface area contributed by atoms with Crippen LogP contribution in [0.25, 0.3) is 0 Å². The Morgan fingerprint density at radius 2 is 2.22 bits per heavy atom. The largest absolute Gasteiger partial charge is 0.489 e. The summed E-state index contributed by atoms with van der Waals surface area (Å²) in [7, 11) is 0. The molecule has 1 unspecified atom stereocenters. The van der Waals surface area contributed by atoms with E-state index in [1.165, 1.54) is 0 Å². The lowest BCUT2D eigenvalue weighted by Crippen LogP contribution is -2.46. The number of benzene rings is 1. The van der Waals surface area contributed by atoms with Crippen molar-refractivity contribution in [2.45, 2.75) is 19.4 Å². The molecule has 0 aliphatic carbocycles. The molecule has 1 saturated heterocycles. The second kappa shape index (κ2) is 8.22. The molecule has 6 nitrogen and oxygen atoms in total. The summed E-state index contributed by atoms with van der Waals surface area (Å²) in [6.45, 7) is 5.19. The average molecular weight is 318 g/mol. The fourth-order valence-electron chi connectivity index (χ4n) is 2.59. The second-order valence-corrected chi connectivity index (χ2v) is 5.49. The molecule has 1 aromatic carbocycles. The Bertz CT molecular complexity index is 573. The number of hydrogen-bond donors (Lipinski definition) is 2. The first kappa shape index (κ1) is 16.9. The monoisotopic (exact) mass is 318 g/mol.